The van der Waals surface area contributed by atoms with E-state index < -0.39 is 0 Å². The lowest BCUT2D eigenvalue weighted by molar-refractivity contribution is -0.118. The number of aryl methyl sites for hydroxylation is 2. The van der Waals surface area contributed by atoms with Crippen molar-refractivity contribution in [3.05, 3.63) is 70.7 Å². The summed E-state index contributed by atoms with van der Waals surface area (Å²) in [6.45, 7) is 3.75. The molecule has 1 amide bonds. The van der Waals surface area contributed by atoms with Gasteiger partial charge in [0.05, 0.1) is 17.8 Å². The maximum atomic E-state index is 12.4. The first kappa shape index (κ1) is 20.7. The Morgan fingerprint density at radius 3 is 2.45 bits per heavy atom. The van der Waals surface area contributed by atoms with E-state index in [2.05, 4.69) is 15.5 Å². The minimum Gasteiger partial charge on any atom is -0.495 e. The molecule has 0 radical (unpaired) electrons. The predicted molar refractivity (Wildman–Crippen MR) is 120 cm³/mol. The molecule has 8 heteroatoms. The second kappa shape index (κ2) is 8.65. The topological polar surface area (TPSA) is 78.3 Å². The molecule has 0 saturated heterocycles. The van der Waals surface area contributed by atoms with Crippen molar-refractivity contribution >= 4 is 34.2 Å². The van der Waals surface area contributed by atoms with Crippen LogP contribution in [-0.2, 0) is 4.79 Å². The van der Waals surface area contributed by atoms with Crippen molar-refractivity contribution in [2.75, 3.05) is 19.0 Å². The number of halogens is 1. The molecular formula is C23H21ClN4O3. The van der Waals surface area contributed by atoms with Crippen molar-refractivity contribution in [1.82, 2.24) is 15.0 Å². The SMILES string of the molecule is COc1ccc(-n2nc3cc(C)c(NC(=O)COc4ccccc4C)cc3n2)cc1Cl. The van der Waals surface area contributed by atoms with Crippen LogP contribution in [0.2, 0.25) is 5.02 Å². The summed E-state index contributed by atoms with van der Waals surface area (Å²) in [4.78, 5) is 13.9. The van der Waals surface area contributed by atoms with Gasteiger partial charge in [0.1, 0.15) is 22.5 Å². The summed E-state index contributed by atoms with van der Waals surface area (Å²) in [5, 5.41) is 12.4. The van der Waals surface area contributed by atoms with Crippen LogP contribution < -0.4 is 14.8 Å². The number of nitrogens with zero attached hydrogens (tertiary/aromatic N) is 3. The van der Waals surface area contributed by atoms with E-state index in [-0.39, 0.29) is 12.5 Å². The van der Waals surface area contributed by atoms with E-state index >= 15 is 0 Å². The molecule has 4 rings (SSSR count). The van der Waals surface area contributed by atoms with Crippen molar-refractivity contribution in [2.24, 2.45) is 0 Å². The fraction of sp³-hybridized carbons (Fsp3) is 0.174. The van der Waals surface area contributed by atoms with Crippen LogP contribution in [0.3, 0.4) is 0 Å². The zero-order chi connectivity index (χ0) is 22.0. The Hall–Kier alpha value is -3.58. The Bertz CT molecular complexity index is 1270. The Labute approximate surface area is 184 Å². The molecule has 4 aromatic rings. The molecule has 31 heavy (non-hydrogen) atoms. The number of methoxy groups -OCH3 is 1. The highest BCUT2D eigenvalue weighted by atomic mass is 35.5. The number of ether oxygens (including phenoxy) is 2. The van der Waals surface area contributed by atoms with Gasteiger partial charge in [-0.1, -0.05) is 29.8 Å². The maximum Gasteiger partial charge on any atom is 0.262 e. The number of aromatic nitrogens is 3. The molecule has 1 N–H and O–H groups in total. The number of anilines is 1. The van der Waals surface area contributed by atoms with Crippen molar-refractivity contribution in [3.63, 3.8) is 0 Å². The third-order valence-electron chi connectivity index (χ3n) is 4.82. The number of hydrogen-bond acceptors (Lipinski definition) is 5. The van der Waals surface area contributed by atoms with Gasteiger partial charge in [0.25, 0.3) is 5.91 Å². The number of para-hydroxylation sites is 1. The van der Waals surface area contributed by atoms with Crippen LogP contribution in [0.5, 0.6) is 11.5 Å². The molecule has 0 atom stereocenters. The van der Waals surface area contributed by atoms with Crippen LogP contribution in [0.1, 0.15) is 11.1 Å². The number of benzene rings is 3. The third-order valence-corrected chi connectivity index (χ3v) is 5.11. The minimum absolute atomic E-state index is 0.0840. The van der Waals surface area contributed by atoms with Gasteiger partial charge in [-0.2, -0.15) is 4.80 Å². The van der Waals surface area contributed by atoms with Crippen LogP contribution in [0.25, 0.3) is 16.7 Å². The lowest BCUT2D eigenvalue weighted by Crippen LogP contribution is -2.20. The summed E-state index contributed by atoms with van der Waals surface area (Å²) in [7, 11) is 1.56. The first-order valence-corrected chi connectivity index (χ1v) is 10.0. The normalized spacial score (nSPS) is 10.8. The number of fused-ring (bicyclic) bond motifs is 1. The van der Waals surface area contributed by atoms with Crippen molar-refractivity contribution < 1.29 is 14.3 Å². The monoisotopic (exact) mass is 436 g/mol. The molecule has 0 aliphatic heterocycles. The highest BCUT2D eigenvalue weighted by Crippen LogP contribution is 2.27. The quantitative estimate of drug-likeness (QED) is 0.473. The highest BCUT2D eigenvalue weighted by molar-refractivity contribution is 6.32. The number of carbonyl (C=O) groups is 1. The molecule has 1 aromatic heterocycles. The molecule has 1 heterocycles. The second-order valence-corrected chi connectivity index (χ2v) is 7.47. The van der Waals surface area contributed by atoms with Crippen LogP contribution in [0, 0.1) is 13.8 Å². The molecule has 0 aliphatic rings. The van der Waals surface area contributed by atoms with Gasteiger partial charge in [-0.3, -0.25) is 4.79 Å². The molecule has 3 aromatic carbocycles. The molecule has 0 fully saturated rings. The third kappa shape index (κ3) is 4.46. The highest BCUT2D eigenvalue weighted by Gasteiger charge is 2.12. The first-order valence-electron chi connectivity index (χ1n) is 9.64. The van der Waals surface area contributed by atoms with E-state index in [9.17, 15) is 4.79 Å². The molecule has 0 spiro atoms. The van der Waals surface area contributed by atoms with Crippen LogP contribution in [0.15, 0.2) is 54.6 Å². The number of amides is 1. The van der Waals surface area contributed by atoms with E-state index in [4.69, 9.17) is 21.1 Å². The number of carbonyl (C=O) groups excluding carboxylic acids is 1. The average Bonchev–Trinajstić information content (AvgIpc) is 3.16. The maximum absolute atomic E-state index is 12.4. The van der Waals surface area contributed by atoms with Crippen LogP contribution >= 0.6 is 11.6 Å². The van der Waals surface area contributed by atoms with Gasteiger partial charge in [0.15, 0.2) is 6.61 Å². The molecule has 0 saturated carbocycles. The largest absolute Gasteiger partial charge is 0.495 e. The van der Waals surface area contributed by atoms with Gasteiger partial charge in [-0.15, -0.1) is 10.2 Å². The molecular weight excluding hydrogens is 416 g/mol. The molecule has 0 aliphatic carbocycles. The fourth-order valence-electron chi connectivity index (χ4n) is 3.15. The first-order chi connectivity index (χ1) is 14.9. The van der Waals surface area contributed by atoms with E-state index in [1.165, 1.54) is 4.80 Å². The van der Waals surface area contributed by atoms with Crippen LogP contribution in [-0.4, -0.2) is 34.6 Å². The van der Waals surface area contributed by atoms with E-state index in [0.717, 1.165) is 11.1 Å². The Kier molecular flexibility index (Phi) is 5.77. The lowest BCUT2D eigenvalue weighted by Gasteiger charge is -2.10. The Balaban J connectivity index is 1.52. The van der Waals surface area contributed by atoms with Crippen molar-refractivity contribution in [2.45, 2.75) is 13.8 Å². The molecule has 0 unspecified atom stereocenters. The average molecular weight is 437 g/mol. The summed E-state index contributed by atoms with van der Waals surface area (Å²) >= 11 is 6.22. The van der Waals surface area contributed by atoms with Gasteiger partial charge < -0.3 is 14.8 Å². The zero-order valence-corrected chi connectivity index (χ0v) is 18.1. The summed E-state index contributed by atoms with van der Waals surface area (Å²) < 4.78 is 10.8. The van der Waals surface area contributed by atoms with Crippen molar-refractivity contribution in [3.8, 4) is 17.2 Å². The van der Waals surface area contributed by atoms with Crippen LogP contribution in [0.4, 0.5) is 5.69 Å². The summed E-state index contributed by atoms with van der Waals surface area (Å²) in [5.74, 6) is 1.02. The fourth-order valence-corrected chi connectivity index (χ4v) is 3.40. The van der Waals surface area contributed by atoms with Gasteiger partial charge in [0.2, 0.25) is 0 Å². The predicted octanol–water partition coefficient (Wildman–Crippen LogP) is 4.72. The van der Waals surface area contributed by atoms with Gasteiger partial charge in [-0.25, -0.2) is 0 Å². The van der Waals surface area contributed by atoms with Crippen molar-refractivity contribution in [1.29, 1.82) is 0 Å². The van der Waals surface area contributed by atoms with E-state index in [0.29, 0.717) is 38.9 Å². The van der Waals surface area contributed by atoms with E-state index in [1.54, 1.807) is 25.3 Å². The smallest absolute Gasteiger partial charge is 0.262 e. The summed E-state index contributed by atoms with van der Waals surface area (Å²) in [5.41, 5.74) is 4.56. The molecule has 0 bridgehead atoms. The minimum atomic E-state index is -0.250. The van der Waals surface area contributed by atoms with Gasteiger partial charge >= 0.3 is 0 Å². The Morgan fingerprint density at radius 2 is 1.74 bits per heavy atom. The Morgan fingerprint density at radius 1 is 1.00 bits per heavy atom. The summed E-state index contributed by atoms with van der Waals surface area (Å²) in [6, 6.07) is 16.6. The second-order valence-electron chi connectivity index (χ2n) is 7.07. The number of hydrogen-bond donors (Lipinski definition) is 1. The van der Waals surface area contributed by atoms with E-state index in [1.807, 2.05) is 50.2 Å². The lowest BCUT2D eigenvalue weighted by atomic mass is 10.1. The van der Waals surface area contributed by atoms with Gasteiger partial charge in [-0.05, 0) is 61.4 Å². The van der Waals surface area contributed by atoms with Gasteiger partial charge in [0, 0.05) is 5.69 Å². The molecule has 158 valence electrons. The number of nitrogens with one attached hydrogen (secondary N) is 1. The standard InChI is InChI=1S/C23H21ClN4O3/c1-14-6-4-5-7-21(14)31-13-23(29)25-18-12-20-19(10-15(18)2)26-28(27-20)16-8-9-22(30-3)17(24)11-16/h4-12H,13H2,1-3H3,(H,25,29). The molecule has 7 nitrogen and oxygen atoms in total. The number of rotatable bonds is 6. The zero-order valence-electron chi connectivity index (χ0n) is 17.3. The summed E-state index contributed by atoms with van der Waals surface area (Å²) in [6.07, 6.45) is 0.